The summed E-state index contributed by atoms with van der Waals surface area (Å²) < 4.78 is 11.3. The van der Waals surface area contributed by atoms with Crippen LogP contribution in [-0.2, 0) is 4.79 Å². The third kappa shape index (κ3) is 4.59. The van der Waals surface area contributed by atoms with Gasteiger partial charge in [-0.2, -0.15) is 0 Å². The Bertz CT molecular complexity index is 1200. The molecule has 2 amide bonds. The monoisotopic (exact) mass is 463 g/mol. The molecule has 0 bridgehead atoms. The molecule has 2 heterocycles. The highest BCUT2D eigenvalue weighted by molar-refractivity contribution is 5.94. The van der Waals surface area contributed by atoms with Crippen LogP contribution in [0.15, 0.2) is 48.8 Å². The van der Waals surface area contributed by atoms with E-state index in [4.69, 9.17) is 9.47 Å². The van der Waals surface area contributed by atoms with Crippen molar-refractivity contribution in [1.29, 1.82) is 0 Å². The first-order valence-electron chi connectivity index (χ1n) is 11.2. The van der Waals surface area contributed by atoms with E-state index in [1.54, 1.807) is 38.5 Å². The number of carbonyl (C=O) groups is 2. The van der Waals surface area contributed by atoms with Crippen molar-refractivity contribution in [2.75, 3.05) is 38.7 Å². The Morgan fingerprint density at radius 3 is 2.65 bits per heavy atom. The van der Waals surface area contributed by atoms with Gasteiger partial charge in [0.1, 0.15) is 12.1 Å². The van der Waals surface area contributed by atoms with Crippen LogP contribution in [0.25, 0.3) is 10.9 Å². The topological polar surface area (TPSA) is 96.9 Å². The lowest BCUT2D eigenvalue weighted by molar-refractivity contribution is -0.140. The van der Waals surface area contributed by atoms with Gasteiger partial charge in [-0.05, 0) is 44.2 Å². The molecule has 0 unspecified atom stereocenters. The number of para-hydroxylation sites is 1. The number of methoxy groups -OCH3 is 1. The summed E-state index contributed by atoms with van der Waals surface area (Å²) in [5, 5.41) is 3.58. The maximum Gasteiger partial charge on any atom is 0.263 e. The molecule has 2 atom stereocenters. The Kier molecular flexibility index (Phi) is 6.81. The summed E-state index contributed by atoms with van der Waals surface area (Å²) >= 11 is 0. The molecule has 2 aromatic carbocycles. The zero-order valence-electron chi connectivity index (χ0n) is 19.8. The molecule has 3 aromatic rings. The number of carbonyl (C=O) groups excluding carboxylic acids is 2. The second kappa shape index (κ2) is 9.94. The number of aromatic nitrogens is 2. The molecule has 1 aliphatic heterocycles. The lowest BCUT2D eigenvalue weighted by Crippen LogP contribution is -2.56. The number of fused-ring (bicyclic) bond motifs is 1. The summed E-state index contributed by atoms with van der Waals surface area (Å²) in [5.74, 6) is 1.37. The zero-order valence-corrected chi connectivity index (χ0v) is 19.8. The van der Waals surface area contributed by atoms with Gasteiger partial charge in [0.05, 0.1) is 12.6 Å². The largest absolute Gasteiger partial charge is 0.493 e. The molecule has 1 N–H and O–H groups in total. The van der Waals surface area contributed by atoms with E-state index in [1.807, 2.05) is 36.1 Å². The Hall–Kier alpha value is -3.88. The third-order valence-corrected chi connectivity index (χ3v) is 6.04. The summed E-state index contributed by atoms with van der Waals surface area (Å²) in [5.41, 5.74) is 1.35. The van der Waals surface area contributed by atoms with E-state index < -0.39 is 6.10 Å². The number of hydrogen-bond acceptors (Lipinski definition) is 7. The second-order valence-corrected chi connectivity index (χ2v) is 8.25. The maximum absolute atomic E-state index is 13.2. The van der Waals surface area contributed by atoms with Gasteiger partial charge in [0.15, 0.2) is 17.6 Å². The summed E-state index contributed by atoms with van der Waals surface area (Å²) in [4.78, 5) is 38.0. The maximum atomic E-state index is 13.2. The fraction of sp³-hybridized carbons (Fsp3) is 0.360. The van der Waals surface area contributed by atoms with Gasteiger partial charge in [0.25, 0.3) is 11.8 Å². The van der Waals surface area contributed by atoms with E-state index in [0.29, 0.717) is 36.7 Å². The van der Waals surface area contributed by atoms with Crippen molar-refractivity contribution in [3.63, 3.8) is 0 Å². The average molecular weight is 464 g/mol. The third-order valence-electron chi connectivity index (χ3n) is 6.04. The Labute approximate surface area is 198 Å². The van der Waals surface area contributed by atoms with Gasteiger partial charge in [-0.1, -0.05) is 12.1 Å². The zero-order chi connectivity index (χ0) is 24.2. The number of rotatable bonds is 6. The first-order valence-corrected chi connectivity index (χ1v) is 11.2. The predicted molar refractivity (Wildman–Crippen MR) is 129 cm³/mol. The summed E-state index contributed by atoms with van der Waals surface area (Å²) in [6.45, 7) is 5.63. The molecular formula is C25H29N5O4. The SMILES string of the molecule is CNC(=O)c1ccc(O[C@@H](C)C(=O)N2CCN(c3ncnc4ccccc34)C[C@H]2C)c(OC)c1. The highest BCUT2D eigenvalue weighted by Crippen LogP contribution is 2.30. The van der Waals surface area contributed by atoms with Crippen LogP contribution in [0, 0.1) is 0 Å². The summed E-state index contributed by atoms with van der Waals surface area (Å²) in [6, 6.07) is 12.8. The number of amides is 2. The lowest BCUT2D eigenvalue weighted by atomic mass is 10.1. The quantitative estimate of drug-likeness (QED) is 0.600. The summed E-state index contributed by atoms with van der Waals surface area (Å²) in [6.07, 6.45) is 0.868. The fourth-order valence-corrected chi connectivity index (χ4v) is 4.24. The van der Waals surface area contributed by atoms with E-state index in [9.17, 15) is 9.59 Å². The number of benzene rings is 2. The van der Waals surface area contributed by atoms with E-state index >= 15 is 0 Å². The lowest BCUT2D eigenvalue weighted by Gasteiger charge is -2.41. The van der Waals surface area contributed by atoms with Crippen LogP contribution in [0.2, 0.25) is 0 Å². The van der Waals surface area contributed by atoms with Gasteiger partial charge in [-0.15, -0.1) is 0 Å². The molecule has 1 saturated heterocycles. The van der Waals surface area contributed by atoms with Crippen molar-refractivity contribution < 1.29 is 19.1 Å². The molecule has 0 aliphatic carbocycles. The van der Waals surface area contributed by atoms with E-state index in [2.05, 4.69) is 20.2 Å². The molecule has 1 fully saturated rings. The number of nitrogens with zero attached hydrogens (tertiary/aromatic N) is 4. The van der Waals surface area contributed by atoms with Crippen molar-refractivity contribution in [2.24, 2.45) is 0 Å². The molecule has 0 spiro atoms. The van der Waals surface area contributed by atoms with Crippen LogP contribution in [0.5, 0.6) is 11.5 Å². The van der Waals surface area contributed by atoms with Crippen LogP contribution >= 0.6 is 0 Å². The van der Waals surface area contributed by atoms with Gasteiger partial charge in [-0.3, -0.25) is 9.59 Å². The second-order valence-electron chi connectivity index (χ2n) is 8.25. The van der Waals surface area contributed by atoms with Gasteiger partial charge in [0, 0.05) is 43.7 Å². The van der Waals surface area contributed by atoms with E-state index in [0.717, 1.165) is 16.7 Å². The van der Waals surface area contributed by atoms with Gasteiger partial charge < -0.3 is 24.6 Å². The van der Waals surface area contributed by atoms with Crippen molar-refractivity contribution in [1.82, 2.24) is 20.2 Å². The molecule has 1 aliphatic rings. The standard InChI is InChI=1S/C25H29N5O4/c1-16-14-29(23-19-7-5-6-8-20(19)27-15-28-23)11-12-30(16)25(32)17(2)34-21-10-9-18(24(31)26-3)13-22(21)33-4/h5-10,13,15-17H,11-12,14H2,1-4H3,(H,26,31)/t16-,17+/m1/s1. The molecule has 0 radical (unpaired) electrons. The molecule has 0 saturated carbocycles. The Balaban J connectivity index is 1.44. The smallest absolute Gasteiger partial charge is 0.263 e. The van der Waals surface area contributed by atoms with Crippen molar-refractivity contribution >= 4 is 28.5 Å². The number of piperazine rings is 1. The van der Waals surface area contributed by atoms with Crippen LogP contribution in [0.1, 0.15) is 24.2 Å². The van der Waals surface area contributed by atoms with E-state index in [1.165, 1.54) is 7.11 Å². The molecule has 4 rings (SSSR count). The van der Waals surface area contributed by atoms with Gasteiger partial charge in [0.2, 0.25) is 0 Å². The highest BCUT2D eigenvalue weighted by atomic mass is 16.5. The predicted octanol–water partition coefficient (Wildman–Crippen LogP) is 2.50. The molecule has 34 heavy (non-hydrogen) atoms. The summed E-state index contributed by atoms with van der Waals surface area (Å²) in [7, 11) is 3.06. The van der Waals surface area contributed by atoms with Crippen molar-refractivity contribution in [3.05, 3.63) is 54.4 Å². The first kappa shape index (κ1) is 23.3. The Morgan fingerprint density at radius 1 is 1.12 bits per heavy atom. The number of anilines is 1. The van der Waals surface area contributed by atoms with Crippen molar-refractivity contribution in [3.8, 4) is 11.5 Å². The molecule has 178 valence electrons. The number of nitrogens with one attached hydrogen (secondary N) is 1. The number of ether oxygens (including phenoxy) is 2. The molecule has 9 heteroatoms. The van der Waals surface area contributed by atoms with Crippen molar-refractivity contribution in [2.45, 2.75) is 26.0 Å². The van der Waals surface area contributed by atoms with Gasteiger partial charge in [-0.25, -0.2) is 9.97 Å². The van der Waals surface area contributed by atoms with Crippen LogP contribution in [-0.4, -0.2) is 72.6 Å². The number of hydrogen-bond donors (Lipinski definition) is 1. The molecular weight excluding hydrogens is 434 g/mol. The minimum absolute atomic E-state index is 0.0291. The minimum Gasteiger partial charge on any atom is -0.493 e. The average Bonchev–Trinajstić information content (AvgIpc) is 2.87. The molecule has 9 nitrogen and oxygen atoms in total. The van der Waals surface area contributed by atoms with E-state index in [-0.39, 0.29) is 17.9 Å². The highest BCUT2D eigenvalue weighted by Gasteiger charge is 2.32. The normalized spacial score (nSPS) is 16.8. The van der Waals surface area contributed by atoms with Crippen LogP contribution in [0.4, 0.5) is 5.82 Å². The minimum atomic E-state index is -0.714. The van der Waals surface area contributed by atoms with Gasteiger partial charge >= 0.3 is 0 Å². The van der Waals surface area contributed by atoms with Crippen LogP contribution in [0.3, 0.4) is 0 Å². The Morgan fingerprint density at radius 2 is 1.91 bits per heavy atom. The molecule has 1 aromatic heterocycles. The fourth-order valence-electron chi connectivity index (χ4n) is 4.24. The first-order chi connectivity index (χ1) is 16.4. The van der Waals surface area contributed by atoms with Crippen LogP contribution < -0.4 is 19.7 Å².